The molecule has 4 nitrogen and oxygen atoms in total. The Labute approximate surface area is 125 Å². The van der Waals surface area contributed by atoms with E-state index in [1.165, 1.54) is 5.69 Å². The summed E-state index contributed by atoms with van der Waals surface area (Å²) in [6.07, 6.45) is 5.28. The van der Waals surface area contributed by atoms with E-state index in [0.717, 1.165) is 36.8 Å². The molecule has 0 aliphatic rings. The van der Waals surface area contributed by atoms with Gasteiger partial charge in [-0.3, -0.25) is 4.68 Å². The highest BCUT2D eigenvalue weighted by molar-refractivity contribution is 9.10. The second kappa shape index (κ2) is 8.72. The van der Waals surface area contributed by atoms with Gasteiger partial charge in [-0.2, -0.15) is 5.10 Å². The van der Waals surface area contributed by atoms with E-state index >= 15 is 0 Å². The zero-order valence-corrected chi connectivity index (χ0v) is 14.0. The van der Waals surface area contributed by atoms with Crippen molar-refractivity contribution >= 4 is 15.9 Å². The van der Waals surface area contributed by atoms with Crippen LogP contribution >= 0.6 is 15.9 Å². The van der Waals surface area contributed by atoms with Crippen molar-refractivity contribution in [1.82, 2.24) is 15.1 Å². The minimum Gasteiger partial charge on any atom is -0.382 e. The molecule has 0 aromatic carbocycles. The Balaban J connectivity index is 2.91. The molecule has 1 aromatic heterocycles. The van der Waals surface area contributed by atoms with E-state index < -0.39 is 0 Å². The molecule has 0 radical (unpaired) electrons. The summed E-state index contributed by atoms with van der Waals surface area (Å²) in [4.78, 5) is 0. The molecule has 0 saturated heterocycles. The van der Waals surface area contributed by atoms with Crippen LogP contribution in [-0.4, -0.2) is 29.5 Å². The van der Waals surface area contributed by atoms with Gasteiger partial charge >= 0.3 is 0 Å². The molecule has 2 atom stereocenters. The molecule has 19 heavy (non-hydrogen) atoms. The van der Waals surface area contributed by atoms with Crippen molar-refractivity contribution in [3.63, 3.8) is 0 Å². The van der Waals surface area contributed by atoms with Crippen LogP contribution in [0.2, 0.25) is 0 Å². The number of hydrogen-bond acceptors (Lipinski definition) is 3. The Morgan fingerprint density at radius 3 is 2.74 bits per heavy atom. The predicted octanol–water partition coefficient (Wildman–Crippen LogP) is 3.52. The molecule has 1 aromatic rings. The second-order valence-electron chi connectivity index (χ2n) is 4.89. The van der Waals surface area contributed by atoms with Crippen LogP contribution in [0.1, 0.15) is 51.8 Å². The largest absolute Gasteiger partial charge is 0.382 e. The predicted molar refractivity (Wildman–Crippen MR) is 82.3 cm³/mol. The van der Waals surface area contributed by atoms with Crippen LogP contribution in [0.15, 0.2) is 10.7 Å². The van der Waals surface area contributed by atoms with Gasteiger partial charge in [-0.1, -0.05) is 13.8 Å². The van der Waals surface area contributed by atoms with Crippen molar-refractivity contribution in [3.8, 4) is 0 Å². The number of nitrogens with one attached hydrogen (secondary N) is 1. The third-order valence-electron chi connectivity index (χ3n) is 3.21. The summed E-state index contributed by atoms with van der Waals surface area (Å²) >= 11 is 3.63. The Morgan fingerprint density at radius 1 is 1.42 bits per heavy atom. The first kappa shape index (κ1) is 16.7. The highest BCUT2D eigenvalue weighted by atomic mass is 79.9. The molecule has 0 aliphatic carbocycles. The summed E-state index contributed by atoms with van der Waals surface area (Å²) in [5.41, 5.74) is 1.24. The number of nitrogens with zero attached hydrogens (tertiary/aromatic N) is 2. The van der Waals surface area contributed by atoms with Crippen molar-refractivity contribution in [2.24, 2.45) is 0 Å². The summed E-state index contributed by atoms with van der Waals surface area (Å²) in [5, 5.41) is 8.06. The van der Waals surface area contributed by atoms with E-state index in [1.54, 1.807) is 7.11 Å². The van der Waals surface area contributed by atoms with Crippen LogP contribution in [0.25, 0.3) is 0 Å². The first-order chi connectivity index (χ1) is 9.13. The van der Waals surface area contributed by atoms with Gasteiger partial charge < -0.3 is 10.1 Å². The number of rotatable bonds is 9. The summed E-state index contributed by atoms with van der Waals surface area (Å²) in [6, 6.07) is 0.276. The fourth-order valence-electron chi connectivity index (χ4n) is 2.15. The minimum atomic E-state index is 0.228. The molecule has 0 amide bonds. The summed E-state index contributed by atoms with van der Waals surface area (Å²) in [7, 11) is 1.76. The molecule has 0 bridgehead atoms. The van der Waals surface area contributed by atoms with E-state index in [4.69, 9.17) is 4.74 Å². The smallest absolute Gasteiger partial charge is 0.0696 e. The van der Waals surface area contributed by atoms with Gasteiger partial charge in [-0.25, -0.2) is 0 Å². The van der Waals surface area contributed by atoms with Gasteiger partial charge in [-0.15, -0.1) is 0 Å². The normalized spacial score (nSPS) is 14.6. The topological polar surface area (TPSA) is 39.1 Å². The van der Waals surface area contributed by atoms with Gasteiger partial charge in [0, 0.05) is 13.7 Å². The van der Waals surface area contributed by atoms with Gasteiger partial charge in [0.05, 0.1) is 28.5 Å². The monoisotopic (exact) mass is 331 g/mol. The van der Waals surface area contributed by atoms with Gasteiger partial charge in [0.1, 0.15) is 0 Å². The second-order valence-corrected chi connectivity index (χ2v) is 5.74. The SMILES string of the molecule is CCCNC(CC(C)OC)c1c(Br)cnn1CCC. The Bertz CT molecular complexity index is 368. The lowest BCUT2D eigenvalue weighted by Gasteiger charge is -2.23. The average Bonchev–Trinajstić information content (AvgIpc) is 2.76. The average molecular weight is 332 g/mol. The number of halogens is 1. The number of ether oxygens (including phenoxy) is 1. The van der Waals surface area contributed by atoms with E-state index in [9.17, 15) is 0 Å². The quantitative estimate of drug-likeness (QED) is 0.752. The van der Waals surface area contributed by atoms with Crippen LogP contribution in [0.3, 0.4) is 0 Å². The summed E-state index contributed by atoms with van der Waals surface area (Å²) < 4.78 is 8.59. The molecule has 1 heterocycles. The van der Waals surface area contributed by atoms with Crippen molar-refractivity contribution < 1.29 is 4.74 Å². The maximum absolute atomic E-state index is 5.41. The fraction of sp³-hybridized carbons (Fsp3) is 0.786. The van der Waals surface area contributed by atoms with Crippen molar-refractivity contribution in [3.05, 3.63) is 16.4 Å². The molecular weight excluding hydrogens is 306 g/mol. The maximum Gasteiger partial charge on any atom is 0.0696 e. The van der Waals surface area contributed by atoms with Crippen molar-refractivity contribution in [1.29, 1.82) is 0 Å². The zero-order valence-electron chi connectivity index (χ0n) is 12.4. The van der Waals surface area contributed by atoms with Crippen molar-refractivity contribution in [2.75, 3.05) is 13.7 Å². The molecule has 1 N–H and O–H groups in total. The molecule has 1 rings (SSSR count). The third kappa shape index (κ3) is 4.89. The van der Waals surface area contributed by atoms with Crippen LogP contribution < -0.4 is 5.32 Å². The number of hydrogen-bond donors (Lipinski definition) is 1. The lowest BCUT2D eigenvalue weighted by molar-refractivity contribution is 0.0992. The third-order valence-corrected chi connectivity index (χ3v) is 3.82. The highest BCUT2D eigenvalue weighted by Crippen LogP contribution is 2.27. The molecule has 2 unspecified atom stereocenters. The Morgan fingerprint density at radius 2 is 2.16 bits per heavy atom. The number of aryl methyl sites for hydroxylation is 1. The molecule has 5 heteroatoms. The van der Waals surface area contributed by atoms with Crippen LogP contribution in [-0.2, 0) is 11.3 Å². The van der Waals surface area contributed by atoms with Crippen LogP contribution in [0.5, 0.6) is 0 Å². The van der Waals surface area contributed by atoms with Gasteiger partial charge in [0.15, 0.2) is 0 Å². The standard InChI is InChI=1S/C14H26BrN3O/c1-5-7-16-13(9-11(3)19-4)14-12(15)10-17-18(14)8-6-2/h10-11,13,16H,5-9H2,1-4H3. The Hall–Kier alpha value is -0.390. The molecule has 0 fully saturated rings. The molecule has 0 saturated carbocycles. The van der Waals surface area contributed by atoms with Gasteiger partial charge in [0.25, 0.3) is 0 Å². The van der Waals surface area contributed by atoms with E-state index in [1.807, 2.05) is 6.20 Å². The first-order valence-electron chi connectivity index (χ1n) is 7.11. The van der Waals surface area contributed by atoms with Gasteiger partial charge in [0.2, 0.25) is 0 Å². The lowest BCUT2D eigenvalue weighted by atomic mass is 10.1. The lowest BCUT2D eigenvalue weighted by Crippen LogP contribution is -2.28. The maximum atomic E-state index is 5.41. The first-order valence-corrected chi connectivity index (χ1v) is 7.90. The molecule has 0 aliphatic heterocycles. The molecular formula is C14H26BrN3O. The highest BCUT2D eigenvalue weighted by Gasteiger charge is 2.21. The fourth-order valence-corrected chi connectivity index (χ4v) is 2.72. The molecule has 110 valence electrons. The summed E-state index contributed by atoms with van der Waals surface area (Å²) in [6.45, 7) is 8.42. The summed E-state index contributed by atoms with van der Waals surface area (Å²) in [5.74, 6) is 0. The van der Waals surface area contributed by atoms with E-state index in [-0.39, 0.29) is 12.1 Å². The van der Waals surface area contributed by atoms with Crippen LogP contribution in [0.4, 0.5) is 0 Å². The molecule has 0 spiro atoms. The minimum absolute atomic E-state index is 0.228. The van der Waals surface area contributed by atoms with E-state index in [2.05, 4.69) is 51.8 Å². The number of aromatic nitrogens is 2. The van der Waals surface area contributed by atoms with Gasteiger partial charge in [-0.05, 0) is 48.7 Å². The number of methoxy groups -OCH3 is 1. The van der Waals surface area contributed by atoms with Crippen LogP contribution in [0, 0.1) is 0 Å². The van der Waals surface area contributed by atoms with E-state index in [0.29, 0.717) is 0 Å². The van der Waals surface area contributed by atoms with Crippen molar-refractivity contribution in [2.45, 2.75) is 58.7 Å². The zero-order chi connectivity index (χ0) is 14.3. The Kier molecular flexibility index (Phi) is 7.64.